The quantitative estimate of drug-likeness (QED) is 0.873. The third-order valence-electron chi connectivity index (χ3n) is 4.45. The Bertz CT molecular complexity index is 498. The summed E-state index contributed by atoms with van der Waals surface area (Å²) in [6.45, 7) is 3.78. The molecular formula is C17H23FN2O. The molecule has 1 aliphatic heterocycles. The minimum Gasteiger partial charge on any atom is -0.341 e. The molecule has 2 fully saturated rings. The van der Waals surface area contributed by atoms with Crippen LogP contribution in [0.15, 0.2) is 24.3 Å². The number of halogens is 1. The molecule has 1 saturated heterocycles. The summed E-state index contributed by atoms with van der Waals surface area (Å²) >= 11 is 0. The number of rotatable bonds is 6. The van der Waals surface area contributed by atoms with Gasteiger partial charge in [0.1, 0.15) is 5.82 Å². The lowest BCUT2D eigenvalue weighted by Gasteiger charge is -2.27. The largest absolute Gasteiger partial charge is 0.341 e. The van der Waals surface area contributed by atoms with Crippen molar-refractivity contribution in [2.24, 2.45) is 5.92 Å². The molecule has 2 aliphatic rings. The highest BCUT2D eigenvalue weighted by Gasteiger charge is 2.33. The summed E-state index contributed by atoms with van der Waals surface area (Å²) in [5.41, 5.74) is 1.15. The molecule has 1 aromatic carbocycles. The van der Waals surface area contributed by atoms with Crippen LogP contribution in [0.4, 0.5) is 4.39 Å². The maximum Gasteiger partial charge on any atom is 0.222 e. The standard InChI is InChI=1S/C17H23FN2O/c1-12(11-20-10-2-3-16(20)21)19-17(13-4-5-13)14-6-8-15(18)9-7-14/h6-9,12-13,17,19H,2-5,10-11H2,1H3. The lowest BCUT2D eigenvalue weighted by atomic mass is 10.0. The number of carbonyl (C=O) groups excluding carboxylic acids is 1. The van der Waals surface area contributed by atoms with Crippen LogP contribution in [0.25, 0.3) is 0 Å². The van der Waals surface area contributed by atoms with Gasteiger partial charge in [-0.1, -0.05) is 12.1 Å². The third kappa shape index (κ3) is 3.62. The summed E-state index contributed by atoms with van der Waals surface area (Å²) in [5.74, 6) is 0.726. The van der Waals surface area contributed by atoms with Crippen LogP contribution >= 0.6 is 0 Å². The number of hydrogen-bond acceptors (Lipinski definition) is 2. The Kier molecular flexibility index (Phi) is 4.24. The lowest BCUT2D eigenvalue weighted by molar-refractivity contribution is -0.128. The van der Waals surface area contributed by atoms with Crippen LogP contribution in [0.3, 0.4) is 0 Å². The predicted octanol–water partition coefficient (Wildman–Crippen LogP) is 2.88. The van der Waals surface area contributed by atoms with Crippen molar-refractivity contribution < 1.29 is 9.18 Å². The van der Waals surface area contributed by atoms with Gasteiger partial charge in [0.25, 0.3) is 0 Å². The van der Waals surface area contributed by atoms with Gasteiger partial charge in [-0.3, -0.25) is 4.79 Å². The van der Waals surface area contributed by atoms with Crippen LogP contribution in [-0.2, 0) is 4.79 Å². The summed E-state index contributed by atoms with van der Waals surface area (Å²) in [6.07, 6.45) is 4.13. The van der Waals surface area contributed by atoms with E-state index in [0.29, 0.717) is 12.3 Å². The molecular weight excluding hydrogens is 267 g/mol. The molecule has 0 radical (unpaired) electrons. The second-order valence-corrected chi connectivity index (χ2v) is 6.38. The van der Waals surface area contributed by atoms with E-state index in [1.54, 1.807) is 0 Å². The maximum atomic E-state index is 13.1. The Labute approximate surface area is 125 Å². The van der Waals surface area contributed by atoms with E-state index in [0.717, 1.165) is 25.1 Å². The van der Waals surface area contributed by atoms with Crippen LogP contribution in [-0.4, -0.2) is 29.9 Å². The molecule has 1 saturated carbocycles. The van der Waals surface area contributed by atoms with Gasteiger partial charge in [-0.05, 0) is 49.8 Å². The molecule has 3 nitrogen and oxygen atoms in total. The molecule has 1 amide bonds. The number of nitrogens with zero attached hydrogens (tertiary/aromatic N) is 1. The Balaban J connectivity index is 1.62. The fraction of sp³-hybridized carbons (Fsp3) is 0.588. The molecule has 0 bridgehead atoms. The SMILES string of the molecule is CC(CN1CCCC1=O)NC(c1ccc(F)cc1)C1CC1. The molecule has 114 valence electrons. The van der Waals surface area contributed by atoms with Crippen LogP contribution in [0.1, 0.15) is 44.2 Å². The summed E-state index contributed by atoms with van der Waals surface area (Å²) < 4.78 is 13.1. The molecule has 3 rings (SSSR count). The zero-order valence-corrected chi connectivity index (χ0v) is 12.5. The van der Waals surface area contributed by atoms with Gasteiger partial charge in [0.05, 0.1) is 0 Å². The van der Waals surface area contributed by atoms with Gasteiger partial charge in [-0.2, -0.15) is 0 Å². The van der Waals surface area contributed by atoms with Crippen molar-refractivity contribution in [1.29, 1.82) is 0 Å². The van der Waals surface area contributed by atoms with E-state index in [-0.39, 0.29) is 23.8 Å². The fourth-order valence-electron chi connectivity index (χ4n) is 3.19. The van der Waals surface area contributed by atoms with E-state index in [9.17, 15) is 9.18 Å². The van der Waals surface area contributed by atoms with Crippen molar-refractivity contribution >= 4 is 5.91 Å². The number of amides is 1. The Hall–Kier alpha value is -1.42. The highest BCUT2D eigenvalue weighted by Crippen LogP contribution is 2.41. The normalized spacial score (nSPS) is 21.6. The monoisotopic (exact) mass is 290 g/mol. The van der Waals surface area contributed by atoms with Crippen molar-refractivity contribution in [2.75, 3.05) is 13.1 Å². The predicted molar refractivity (Wildman–Crippen MR) is 80.3 cm³/mol. The van der Waals surface area contributed by atoms with Gasteiger partial charge >= 0.3 is 0 Å². The molecule has 1 N–H and O–H groups in total. The highest BCUT2D eigenvalue weighted by atomic mass is 19.1. The second-order valence-electron chi connectivity index (χ2n) is 6.38. The number of hydrogen-bond donors (Lipinski definition) is 1. The summed E-state index contributed by atoms with van der Waals surface area (Å²) in [7, 11) is 0. The first-order valence-corrected chi connectivity index (χ1v) is 7.93. The van der Waals surface area contributed by atoms with Crippen molar-refractivity contribution in [3.63, 3.8) is 0 Å². The van der Waals surface area contributed by atoms with E-state index in [1.807, 2.05) is 17.0 Å². The Morgan fingerprint density at radius 1 is 1.33 bits per heavy atom. The second kappa shape index (κ2) is 6.14. The highest BCUT2D eigenvalue weighted by molar-refractivity contribution is 5.78. The van der Waals surface area contributed by atoms with E-state index in [2.05, 4.69) is 12.2 Å². The van der Waals surface area contributed by atoms with Crippen molar-refractivity contribution in [2.45, 2.75) is 44.7 Å². The van der Waals surface area contributed by atoms with E-state index < -0.39 is 0 Å². The molecule has 2 atom stereocenters. The van der Waals surface area contributed by atoms with Gasteiger partial charge < -0.3 is 10.2 Å². The fourth-order valence-corrected chi connectivity index (χ4v) is 3.19. The van der Waals surface area contributed by atoms with E-state index in [4.69, 9.17) is 0 Å². The van der Waals surface area contributed by atoms with Crippen LogP contribution in [0, 0.1) is 11.7 Å². The summed E-state index contributed by atoms with van der Waals surface area (Å²) in [5, 5.41) is 3.65. The molecule has 2 unspecified atom stereocenters. The first kappa shape index (κ1) is 14.5. The number of carbonyl (C=O) groups is 1. The average molecular weight is 290 g/mol. The van der Waals surface area contributed by atoms with Gasteiger partial charge in [-0.25, -0.2) is 4.39 Å². The molecule has 1 heterocycles. The number of benzene rings is 1. The lowest BCUT2D eigenvalue weighted by Crippen LogP contribution is -2.41. The zero-order valence-electron chi connectivity index (χ0n) is 12.5. The zero-order chi connectivity index (χ0) is 14.8. The van der Waals surface area contributed by atoms with E-state index in [1.165, 1.54) is 25.0 Å². The number of nitrogens with one attached hydrogen (secondary N) is 1. The van der Waals surface area contributed by atoms with Gasteiger partial charge in [0.15, 0.2) is 0 Å². The molecule has 1 aliphatic carbocycles. The minimum atomic E-state index is -0.191. The first-order valence-electron chi connectivity index (χ1n) is 7.93. The van der Waals surface area contributed by atoms with Crippen LogP contribution in [0.5, 0.6) is 0 Å². The van der Waals surface area contributed by atoms with Crippen LogP contribution < -0.4 is 5.32 Å². The molecule has 0 spiro atoms. The van der Waals surface area contributed by atoms with Gasteiger partial charge in [0.2, 0.25) is 5.91 Å². The number of likely N-dealkylation sites (tertiary alicyclic amines) is 1. The summed E-state index contributed by atoms with van der Waals surface area (Å²) in [4.78, 5) is 13.7. The van der Waals surface area contributed by atoms with Gasteiger partial charge in [0, 0.05) is 31.6 Å². The third-order valence-corrected chi connectivity index (χ3v) is 4.45. The summed E-state index contributed by atoms with van der Waals surface area (Å²) in [6, 6.07) is 7.33. The molecule has 4 heteroatoms. The molecule has 1 aromatic rings. The maximum absolute atomic E-state index is 13.1. The van der Waals surface area contributed by atoms with E-state index >= 15 is 0 Å². The average Bonchev–Trinajstić information content (AvgIpc) is 3.23. The van der Waals surface area contributed by atoms with Crippen LogP contribution in [0.2, 0.25) is 0 Å². The first-order chi connectivity index (χ1) is 10.1. The topological polar surface area (TPSA) is 32.3 Å². The van der Waals surface area contributed by atoms with Crippen molar-refractivity contribution in [3.8, 4) is 0 Å². The Morgan fingerprint density at radius 2 is 2.05 bits per heavy atom. The van der Waals surface area contributed by atoms with Crippen molar-refractivity contribution in [3.05, 3.63) is 35.6 Å². The molecule has 0 aromatic heterocycles. The Morgan fingerprint density at radius 3 is 2.62 bits per heavy atom. The van der Waals surface area contributed by atoms with Crippen molar-refractivity contribution in [1.82, 2.24) is 10.2 Å². The smallest absolute Gasteiger partial charge is 0.222 e. The van der Waals surface area contributed by atoms with Gasteiger partial charge in [-0.15, -0.1) is 0 Å². The minimum absolute atomic E-state index is 0.191. The molecule has 21 heavy (non-hydrogen) atoms.